The predicted molar refractivity (Wildman–Crippen MR) is 97.9 cm³/mol. The topological polar surface area (TPSA) is 80.3 Å². The zero-order valence-electron chi connectivity index (χ0n) is 13.1. The fourth-order valence-electron chi connectivity index (χ4n) is 1.75. The molecule has 1 amide bonds. The summed E-state index contributed by atoms with van der Waals surface area (Å²) >= 11 is 2.81. The highest BCUT2D eigenvalue weighted by Gasteiger charge is 2.14. The van der Waals surface area contributed by atoms with Crippen LogP contribution in [0.25, 0.3) is 0 Å². The first-order valence-electron chi connectivity index (χ1n) is 7.04. The molecule has 2 aromatic rings. The molecule has 0 saturated carbocycles. The van der Waals surface area contributed by atoms with Gasteiger partial charge < -0.3 is 15.4 Å². The van der Waals surface area contributed by atoms with Crippen LogP contribution in [-0.4, -0.2) is 36.3 Å². The summed E-state index contributed by atoms with van der Waals surface area (Å²) in [6.07, 6.45) is 3.61. The lowest BCUT2D eigenvalue weighted by Gasteiger charge is -2.09. The highest BCUT2D eigenvalue weighted by Crippen LogP contribution is 2.24. The largest absolute Gasteiger partial charge is 0.451 e. The molecule has 2 rings (SSSR count). The summed E-state index contributed by atoms with van der Waals surface area (Å²) in [7, 11) is 0. The Morgan fingerprint density at radius 1 is 1.42 bits per heavy atom. The van der Waals surface area contributed by atoms with Gasteiger partial charge in [-0.05, 0) is 18.4 Å². The highest BCUT2D eigenvalue weighted by atomic mass is 32.2. The molecule has 24 heavy (non-hydrogen) atoms. The lowest BCUT2D eigenvalue weighted by Crippen LogP contribution is -2.21. The van der Waals surface area contributed by atoms with Gasteiger partial charge in [0.15, 0.2) is 17.4 Å². The number of anilines is 2. The average Bonchev–Trinajstić information content (AvgIpc) is 3.07. The molecular weight excluding hydrogens is 346 g/mol. The van der Waals surface area contributed by atoms with E-state index in [-0.39, 0.29) is 12.3 Å². The van der Waals surface area contributed by atoms with Crippen molar-refractivity contribution >= 4 is 45.8 Å². The number of hydrogen-bond donors (Lipinski definition) is 2. The van der Waals surface area contributed by atoms with Gasteiger partial charge in [-0.25, -0.2) is 9.78 Å². The van der Waals surface area contributed by atoms with Crippen LogP contribution in [0.2, 0.25) is 0 Å². The number of hydrogen-bond acceptors (Lipinski definition) is 7. The number of rotatable bonds is 8. The highest BCUT2D eigenvalue weighted by molar-refractivity contribution is 7.98. The van der Waals surface area contributed by atoms with Crippen LogP contribution in [0.4, 0.5) is 10.8 Å². The van der Waals surface area contributed by atoms with E-state index in [1.165, 1.54) is 23.1 Å². The Hall–Kier alpha value is -2.32. The molecule has 6 nitrogen and oxygen atoms in total. The summed E-state index contributed by atoms with van der Waals surface area (Å²) in [5.41, 5.74) is 0.861. The second kappa shape index (κ2) is 9.09. The monoisotopic (exact) mass is 363 g/mol. The van der Waals surface area contributed by atoms with E-state index < -0.39 is 11.9 Å². The van der Waals surface area contributed by atoms with Crippen LogP contribution < -0.4 is 10.6 Å². The van der Waals surface area contributed by atoms with Crippen molar-refractivity contribution in [1.29, 1.82) is 0 Å². The number of nitrogens with zero attached hydrogens (tertiary/aromatic N) is 1. The van der Waals surface area contributed by atoms with Gasteiger partial charge in [0.05, 0.1) is 5.69 Å². The summed E-state index contributed by atoms with van der Waals surface area (Å²) in [5, 5.41) is 7.88. The molecule has 0 atom stereocenters. The number of amides is 1. The lowest BCUT2D eigenvalue weighted by atomic mass is 10.3. The third-order valence-corrected chi connectivity index (χ3v) is 4.42. The molecule has 0 aliphatic heterocycles. The van der Waals surface area contributed by atoms with Gasteiger partial charge in [-0.3, -0.25) is 4.79 Å². The van der Waals surface area contributed by atoms with Gasteiger partial charge in [0, 0.05) is 16.8 Å². The quantitative estimate of drug-likeness (QED) is 0.426. The maximum atomic E-state index is 11.9. The first-order chi connectivity index (χ1) is 11.6. The average molecular weight is 363 g/mol. The van der Waals surface area contributed by atoms with Crippen molar-refractivity contribution in [2.75, 3.05) is 30.0 Å². The van der Waals surface area contributed by atoms with Gasteiger partial charge >= 0.3 is 5.97 Å². The number of benzene rings is 1. The van der Waals surface area contributed by atoms with Gasteiger partial charge in [0.2, 0.25) is 0 Å². The van der Waals surface area contributed by atoms with Crippen LogP contribution in [-0.2, 0) is 9.53 Å². The number of esters is 1. The van der Waals surface area contributed by atoms with Crippen LogP contribution in [0.5, 0.6) is 0 Å². The Balaban J connectivity index is 1.85. The zero-order chi connectivity index (χ0) is 17.4. The molecule has 0 radical (unpaired) electrons. The molecule has 2 N–H and O–H groups in total. The second-order valence-corrected chi connectivity index (χ2v) is 6.24. The zero-order valence-corrected chi connectivity index (χ0v) is 14.7. The normalized spacial score (nSPS) is 10.0. The summed E-state index contributed by atoms with van der Waals surface area (Å²) in [4.78, 5) is 28.9. The van der Waals surface area contributed by atoms with Gasteiger partial charge in [0.1, 0.15) is 0 Å². The summed E-state index contributed by atoms with van der Waals surface area (Å²) in [6, 6.07) is 7.42. The molecule has 0 unspecified atom stereocenters. The number of thiazole rings is 1. The van der Waals surface area contributed by atoms with E-state index in [0.717, 1.165) is 4.90 Å². The molecule has 8 heteroatoms. The van der Waals surface area contributed by atoms with Crippen molar-refractivity contribution in [1.82, 2.24) is 4.98 Å². The summed E-state index contributed by atoms with van der Waals surface area (Å²) in [5.74, 6) is -1.03. The molecule has 0 saturated heterocycles. The lowest BCUT2D eigenvalue weighted by molar-refractivity contribution is -0.119. The minimum atomic E-state index is -0.633. The smallest absolute Gasteiger partial charge is 0.358 e. The van der Waals surface area contributed by atoms with Gasteiger partial charge in [-0.2, -0.15) is 0 Å². The maximum Gasteiger partial charge on any atom is 0.358 e. The molecule has 1 aromatic carbocycles. The molecular formula is C16H17N3O3S2. The van der Waals surface area contributed by atoms with Crippen LogP contribution in [0.3, 0.4) is 0 Å². The van der Waals surface area contributed by atoms with E-state index in [4.69, 9.17) is 4.74 Å². The third kappa shape index (κ3) is 5.10. The first kappa shape index (κ1) is 18.0. The van der Waals surface area contributed by atoms with E-state index in [9.17, 15) is 9.59 Å². The Bertz CT molecular complexity index is 731. The molecule has 0 spiro atoms. The number of aromatic nitrogens is 1. The van der Waals surface area contributed by atoms with E-state index in [2.05, 4.69) is 22.2 Å². The minimum absolute atomic E-state index is 0.170. The van der Waals surface area contributed by atoms with Gasteiger partial charge in [0.25, 0.3) is 5.91 Å². The molecule has 0 fully saturated rings. The van der Waals surface area contributed by atoms with Gasteiger partial charge in [-0.1, -0.05) is 18.2 Å². The number of ether oxygens (including phenoxy) is 1. The minimum Gasteiger partial charge on any atom is -0.451 e. The third-order valence-electron chi connectivity index (χ3n) is 2.83. The van der Waals surface area contributed by atoms with Gasteiger partial charge in [-0.15, -0.1) is 29.7 Å². The van der Waals surface area contributed by atoms with Crippen molar-refractivity contribution in [3.63, 3.8) is 0 Å². The molecule has 0 aliphatic carbocycles. The number of para-hydroxylation sites is 1. The standard InChI is InChI=1S/C16H17N3O3S2/c1-3-8-17-16-19-12(10-24-16)15(21)22-9-14(20)18-11-6-4-5-7-13(11)23-2/h3-7,10H,1,8-9H2,2H3,(H,17,19)(H,18,20). The predicted octanol–water partition coefficient (Wildman–Crippen LogP) is 3.26. The first-order valence-corrected chi connectivity index (χ1v) is 9.14. The Kier molecular flexibility index (Phi) is 6.83. The van der Waals surface area contributed by atoms with E-state index in [0.29, 0.717) is 17.4 Å². The van der Waals surface area contributed by atoms with Crippen LogP contribution >= 0.6 is 23.1 Å². The molecule has 1 aromatic heterocycles. The van der Waals surface area contributed by atoms with E-state index >= 15 is 0 Å². The van der Waals surface area contributed by atoms with Crippen molar-refractivity contribution in [3.05, 3.63) is 48.0 Å². The summed E-state index contributed by atoms with van der Waals surface area (Å²) in [6.45, 7) is 3.78. The van der Waals surface area contributed by atoms with Crippen LogP contribution in [0, 0.1) is 0 Å². The number of carbonyl (C=O) groups excluding carboxylic acids is 2. The molecule has 126 valence electrons. The number of nitrogens with one attached hydrogen (secondary N) is 2. The molecule has 1 heterocycles. The Morgan fingerprint density at radius 3 is 2.96 bits per heavy atom. The SMILES string of the molecule is C=CCNc1nc(C(=O)OCC(=O)Nc2ccccc2SC)cs1. The Morgan fingerprint density at radius 2 is 2.21 bits per heavy atom. The van der Waals surface area contributed by atoms with Crippen molar-refractivity contribution in [3.8, 4) is 0 Å². The fourth-order valence-corrected chi connectivity index (χ4v) is 2.99. The number of carbonyl (C=O) groups is 2. The Labute approximate surface area is 148 Å². The van der Waals surface area contributed by atoms with Crippen LogP contribution in [0.1, 0.15) is 10.5 Å². The fraction of sp³-hybridized carbons (Fsp3) is 0.188. The van der Waals surface area contributed by atoms with Crippen molar-refractivity contribution in [2.45, 2.75) is 4.90 Å². The van der Waals surface area contributed by atoms with Crippen molar-refractivity contribution < 1.29 is 14.3 Å². The molecule has 0 aliphatic rings. The summed E-state index contributed by atoms with van der Waals surface area (Å²) < 4.78 is 4.99. The molecule has 0 bridgehead atoms. The van der Waals surface area contributed by atoms with Crippen molar-refractivity contribution in [2.24, 2.45) is 0 Å². The van der Waals surface area contributed by atoms with E-state index in [1.54, 1.807) is 17.5 Å². The van der Waals surface area contributed by atoms with Crippen LogP contribution in [0.15, 0.2) is 47.2 Å². The number of thioether (sulfide) groups is 1. The van der Waals surface area contributed by atoms with E-state index in [1.807, 2.05) is 24.5 Å². The second-order valence-electron chi connectivity index (χ2n) is 4.53. The maximum absolute atomic E-state index is 11.9.